The number of hydrogen-bond donors (Lipinski definition) is 0. The molecule has 12 heavy (non-hydrogen) atoms. The number of hydrogen-bond acceptors (Lipinski definition) is 2. The van der Waals surface area contributed by atoms with Crippen LogP contribution in [0.4, 0.5) is 4.79 Å². The first-order valence-electron chi connectivity index (χ1n) is 3.82. The minimum absolute atomic E-state index is 0.163. The molecule has 0 aromatic heterocycles. The van der Waals surface area contributed by atoms with E-state index in [1.807, 2.05) is 0 Å². The van der Waals surface area contributed by atoms with E-state index >= 15 is 0 Å². The molecule has 3 heteroatoms. The first-order chi connectivity index (χ1) is 5.67. The lowest BCUT2D eigenvalue weighted by atomic mass is 10.3. The summed E-state index contributed by atoms with van der Waals surface area (Å²) in [5.74, 6) is 0. The van der Waals surface area contributed by atoms with Gasteiger partial charge in [0.2, 0.25) is 0 Å². The molecule has 0 N–H and O–H groups in total. The number of rotatable bonds is 4. The molecule has 0 bridgehead atoms. The summed E-state index contributed by atoms with van der Waals surface area (Å²) in [7, 11) is 1.64. The molecule has 0 aromatic carbocycles. The third kappa shape index (κ3) is 2.78. The van der Waals surface area contributed by atoms with Crippen LogP contribution in [0.5, 0.6) is 0 Å². The van der Waals surface area contributed by atoms with Crippen LogP contribution >= 0.6 is 0 Å². The summed E-state index contributed by atoms with van der Waals surface area (Å²) in [5.41, 5.74) is 0. The molecule has 0 rings (SSSR count). The van der Waals surface area contributed by atoms with Crippen LogP contribution in [0, 0.1) is 0 Å². The van der Waals surface area contributed by atoms with E-state index in [1.165, 1.54) is 4.90 Å². The molecule has 0 aromatic rings. The van der Waals surface area contributed by atoms with Crippen LogP contribution in [0.1, 0.15) is 6.92 Å². The van der Waals surface area contributed by atoms with Gasteiger partial charge < -0.3 is 9.64 Å². The number of carbonyl (C=O) groups is 1. The van der Waals surface area contributed by atoms with Crippen molar-refractivity contribution in [2.45, 2.75) is 13.0 Å². The zero-order chi connectivity index (χ0) is 9.56. The van der Waals surface area contributed by atoms with Crippen molar-refractivity contribution < 1.29 is 9.53 Å². The van der Waals surface area contributed by atoms with Crippen molar-refractivity contribution in [3.63, 3.8) is 0 Å². The summed E-state index contributed by atoms with van der Waals surface area (Å²) >= 11 is 0. The zero-order valence-electron chi connectivity index (χ0n) is 7.62. The summed E-state index contributed by atoms with van der Waals surface area (Å²) in [4.78, 5) is 12.5. The molecule has 0 saturated carbocycles. The molecule has 1 amide bonds. The van der Waals surface area contributed by atoms with Gasteiger partial charge in [0.05, 0.1) is 12.6 Å². The minimum Gasteiger partial charge on any atom is -0.450 e. The van der Waals surface area contributed by atoms with Gasteiger partial charge in [-0.3, -0.25) is 0 Å². The Bertz CT molecular complexity index is 169. The SMILES string of the molecule is C=CC(C=C)N(C)C(=O)OCC. The van der Waals surface area contributed by atoms with Gasteiger partial charge in [-0.1, -0.05) is 12.2 Å². The Hall–Kier alpha value is -1.25. The van der Waals surface area contributed by atoms with E-state index < -0.39 is 0 Å². The number of likely N-dealkylation sites (N-methyl/N-ethyl adjacent to an activating group) is 1. The Kier molecular flexibility index (Phi) is 4.84. The fourth-order valence-corrected chi connectivity index (χ4v) is 0.759. The van der Waals surface area contributed by atoms with Crippen molar-refractivity contribution in [2.24, 2.45) is 0 Å². The van der Waals surface area contributed by atoms with Crippen LogP contribution in [0.25, 0.3) is 0 Å². The van der Waals surface area contributed by atoms with Gasteiger partial charge in [-0.15, -0.1) is 13.2 Å². The van der Waals surface area contributed by atoms with Crippen molar-refractivity contribution in [1.29, 1.82) is 0 Å². The molecule has 0 spiro atoms. The van der Waals surface area contributed by atoms with Crippen molar-refractivity contribution in [2.75, 3.05) is 13.7 Å². The fourth-order valence-electron chi connectivity index (χ4n) is 0.759. The third-order valence-electron chi connectivity index (χ3n) is 1.49. The fraction of sp³-hybridized carbons (Fsp3) is 0.444. The average Bonchev–Trinajstić information content (AvgIpc) is 2.07. The minimum atomic E-state index is -0.359. The van der Waals surface area contributed by atoms with Gasteiger partial charge in [-0.05, 0) is 6.92 Å². The largest absolute Gasteiger partial charge is 0.450 e. The lowest BCUT2D eigenvalue weighted by molar-refractivity contribution is 0.113. The molecule has 0 aliphatic rings. The molecule has 0 aliphatic carbocycles. The number of nitrogens with zero attached hydrogens (tertiary/aromatic N) is 1. The average molecular weight is 169 g/mol. The molecular formula is C9H15NO2. The van der Waals surface area contributed by atoms with Gasteiger partial charge >= 0.3 is 6.09 Å². The molecule has 0 radical (unpaired) electrons. The highest BCUT2D eigenvalue weighted by molar-refractivity contribution is 5.68. The highest BCUT2D eigenvalue weighted by Gasteiger charge is 2.14. The molecule has 0 heterocycles. The topological polar surface area (TPSA) is 29.5 Å². The summed E-state index contributed by atoms with van der Waals surface area (Å²) in [6.07, 6.45) is 2.90. The predicted octanol–water partition coefficient (Wildman–Crippen LogP) is 1.82. The predicted molar refractivity (Wildman–Crippen MR) is 49.0 cm³/mol. The van der Waals surface area contributed by atoms with Crippen molar-refractivity contribution >= 4 is 6.09 Å². The Balaban J connectivity index is 4.14. The maximum Gasteiger partial charge on any atom is 0.410 e. The second kappa shape index (κ2) is 5.41. The van der Waals surface area contributed by atoms with Gasteiger partial charge in [0.15, 0.2) is 0 Å². The monoisotopic (exact) mass is 169 g/mol. The quantitative estimate of drug-likeness (QED) is 0.601. The van der Waals surface area contributed by atoms with E-state index in [0.717, 1.165) is 0 Å². The van der Waals surface area contributed by atoms with E-state index in [1.54, 1.807) is 26.1 Å². The molecular weight excluding hydrogens is 154 g/mol. The van der Waals surface area contributed by atoms with Gasteiger partial charge in [0.1, 0.15) is 0 Å². The van der Waals surface area contributed by atoms with E-state index in [-0.39, 0.29) is 12.1 Å². The third-order valence-corrected chi connectivity index (χ3v) is 1.49. The van der Waals surface area contributed by atoms with Crippen LogP contribution in [0.2, 0.25) is 0 Å². The number of ether oxygens (including phenoxy) is 1. The Morgan fingerprint density at radius 3 is 2.42 bits per heavy atom. The zero-order valence-corrected chi connectivity index (χ0v) is 7.62. The highest BCUT2D eigenvalue weighted by Crippen LogP contribution is 2.01. The molecule has 68 valence electrons. The molecule has 0 aliphatic heterocycles. The maximum atomic E-state index is 11.1. The Morgan fingerprint density at radius 2 is 2.08 bits per heavy atom. The molecule has 0 fully saturated rings. The summed E-state index contributed by atoms with van der Waals surface area (Å²) in [5, 5.41) is 0. The van der Waals surface area contributed by atoms with Crippen molar-refractivity contribution in [1.82, 2.24) is 4.90 Å². The normalized spacial score (nSPS) is 9.25. The molecule has 3 nitrogen and oxygen atoms in total. The second-order valence-corrected chi connectivity index (χ2v) is 2.27. The van der Waals surface area contributed by atoms with Crippen molar-refractivity contribution in [3.8, 4) is 0 Å². The smallest absolute Gasteiger partial charge is 0.410 e. The van der Waals surface area contributed by atoms with Crippen LogP contribution in [0.3, 0.4) is 0 Å². The first-order valence-corrected chi connectivity index (χ1v) is 3.82. The van der Waals surface area contributed by atoms with Gasteiger partial charge in [-0.25, -0.2) is 4.79 Å². The van der Waals surface area contributed by atoms with E-state index in [4.69, 9.17) is 4.74 Å². The summed E-state index contributed by atoms with van der Waals surface area (Å²) in [6, 6.07) is -0.163. The van der Waals surface area contributed by atoms with Crippen LogP contribution in [-0.4, -0.2) is 30.7 Å². The highest BCUT2D eigenvalue weighted by atomic mass is 16.6. The second-order valence-electron chi connectivity index (χ2n) is 2.27. The first kappa shape index (κ1) is 10.8. The maximum absolute atomic E-state index is 11.1. The van der Waals surface area contributed by atoms with Gasteiger partial charge in [0.25, 0.3) is 0 Å². The summed E-state index contributed by atoms with van der Waals surface area (Å²) < 4.78 is 4.78. The van der Waals surface area contributed by atoms with Crippen LogP contribution in [-0.2, 0) is 4.74 Å². The molecule has 0 atom stereocenters. The Labute approximate surface area is 73.3 Å². The van der Waals surface area contributed by atoms with Crippen molar-refractivity contribution in [3.05, 3.63) is 25.3 Å². The van der Waals surface area contributed by atoms with Crippen LogP contribution in [0.15, 0.2) is 25.3 Å². The van der Waals surface area contributed by atoms with E-state index in [9.17, 15) is 4.79 Å². The molecule has 0 unspecified atom stereocenters. The lowest BCUT2D eigenvalue weighted by Crippen LogP contribution is -2.34. The molecule has 0 saturated heterocycles. The van der Waals surface area contributed by atoms with Crippen LogP contribution < -0.4 is 0 Å². The standard InChI is InChI=1S/C9H15NO2/c1-5-8(6-2)10(4)9(11)12-7-3/h5-6,8H,1-2,7H2,3-4H3. The summed E-state index contributed by atoms with van der Waals surface area (Å²) in [6.45, 7) is 9.30. The lowest BCUT2D eigenvalue weighted by Gasteiger charge is -2.21. The Morgan fingerprint density at radius 1 is 1.58 bits per heavy atom. The van der Waals surface area contributed by atoms with Gasteiger partial charge in [0, 0.05) is 7.05 Å². The number of carbonyl (C=O) groups excluding carboxylic acids is 1. The van der Waals surface area contributed by atoms with Gasteiger partial charge in [-0.2, -0.15) is 0 Å². The number of amides is 1. The van der Waals surface area contributed by atoms with E-state index in [2.05, 4.69) is 13.2 Å². The van der Waals surface area contributed by atoms with E-state index in [0.29, 0.717) is 6.61 Å².